The van der Waals surface area contributed by atoms with Crippen LogP contribution < -0.4 is 0 Å². The summed E-state index contributed by atoms with van der Waals surface area (Å²) in [4.78, 5) is 0. The van der Waals surface area contributed by atoms with Gasteiger partial charge < -0.3 is 10.2 Å². The number of rotatable bonds is 5. The number of benzene rings is 2. The molecule has 0 fully saturated rings. The van der Waals surface area contributed by atoms with E-state index in [1.54, 1.807) is 24.3 Å². The third-order valence-electron chi connectivity index (χ3n) is 3.69. The van der Waals surface area contributed by atoms with Crippen molar-refractivity contribution in [2.45, 2.75) is 19.3 Å². The van der Waals surface area contributed by atoms with Crippen LogP contribution in [0.25, 0.3) is 12.2 Å². The van der Waals surface area contributed by atoms with E-state index in [0.29, 0.717) is 5.92 Å². The van der Waals surface area contributed by atoms with Crippen molar-refractivity contribution < 1.29 is 10.2 Å². The molecule has 2 rings (SSSR count). The fourth-order valence-electron chi connectivity index (χ4n) is 2.41. The maximum atomic E-state index is 9.70. The smallest absolute Gasteiger partial charge is 0.122 e. The molecule has 2 aromatic rings. The number of hydrogen-bond acceptors (Lipinski definition) is 2. The average molecular weight is 280 g/mol. The van der Waals surface area contributed by atoms with E-state index in [2.05, 4.69) is 20.1 Å². The molecule has 21 heavy (non-hydrogen) atoms. The lowest BCUT2D eigenvalue weighted by Gasteiger charge is -2.14. The predicted molar refractivity (Wildman–Crippen MR) is 88.5 cm³/mol. The van der Waals surface area contributed by atoms with E-state index in [-0.39, 0.29) is 11.5 Å². The first-order chi connectivity index (χ1) is 10.0. The molecule has 2 N–H and O–H groups in total. The first-order valence-electron chi connectivity index (χ1n) is 6.94. The molecule has 0 aromatic heterocycles. The first-order valence-corrected chi connectivity index (χ1v) is 6.94. The van der Waals surface area contributed by atoms with Gasteiger partial charge in [-0.2, -0.15) is 0 Å². The molecule has 0 amide bonds. The van der Waals surface area contributed by atoms with Gasteiger partial charge in [0.25, 0.3) is 0 Å². The molecule has 108 valence electrons. The van der Waals surface area contributed by atoms with E-state index in [4.69, 9.17) is 0 Å². The highest BCUT2D eigenvalue weighted by Crippen LogP contribution is 2.28. The minimum Gasteiger partial charge on any atom is -0.507 e. The van der Waals surface area contributed by atoms with Gasteiger partial charge in [-0.1, -0.05) is 44.4 Å². The summed E-state index contributed by atoms with van der Waals surface area (Å²) >= 11 is 0. The molecule has 0 heterocycles. The largest absolute Gasteiger partial charge is 0.507 e. The van der Waals surface area contributed by atoms with Crippen molar-refractivity contribution >= 4 is 12.2 Å². The van der Waals surface area contributed by atoms with E-state index in [1.807, 2.05) is 24.3 Å². The normalized spacial score (nSPS) is 11.9. The molecule has 0 aliphatic rings. The highest BCUT2D eigenvalue weighted by molar-refractivity contribution is 5.57. The molecule has 0 aliphatic carbocycles. The van der Waals surface area contributed by atoms with E-state index >= 15 is 0 Å². The Balaban J connectivity index is 2.23. The van der Waals surface area contributed by atoms with Crippen molar-refractivity contribution in [1.29, 1.82) is 0 Å². The summed E-state index contributed by atoms with van der Waals surface area (Å²) < 4.78 is 0. The molecule has 0 spiro atoms. The van der Waals surface area contributed by atoms with Gasteiger partial charge >= 0.3 is 0 Å². The topological polar surface area (TPSA) is 40.5 Å². The SMILES string of the molecule is C=Cc1cc(CC(C)c2ccc(O)c(C=C)c2)ccc1O. The predicted octanol–water partition coefficient (Wildman–Crippen LogP) is 4.73. The van der Waals surface area contributed by atoms with E-state index in [0.717, 1.165) is 28.7 Å². The highest BCUT2D eigenvalue weighted by Gasteiger charge is 2.10. The summed E-state index contributed by atoms with van der Waals surface area (Å²) in [6.07, 6.45) is 4.16. The summed E-state index contributed by atoms with van der Waals surface area (Å²) in [7, 11) is 0. The molecular weight excluding hydrogens is 260 g/mol. The van der Waals surface area contributed by atoms with Crippen LogP contribution in [0.4, 0.5) is 0 Å². The molecule has 0 radical (unpaired) electrons. The van der Waals surface area contributed by atoms with Crippen LogP contribution in [0.2, 0.25) is 0 Å². The van der Waals surface area contributed by atoms with Gasteiger partial charge in [0.15, 0.2) is 0 Å². The van der Waals surface area contributed by atoms with Gasteiger partial charge in [-0.15, -0.1) is 0 Å². The Morgan fingerprint density at radius 2 is 1.52 bits per heavy atom. The van der Waals surface area contributed by atoms with Crippen molar-refractivity contribution in [2.24, 2.45) is 0 Å². The molecule has 2 aromatic carbocycles. The Morgan fingerprint density at radius 1 is 0.952 bits per heavy atom. The van der Waals surface area contributed by atoms with Gasteiger partial charge in [0.2, 0.25) is 0 Å². The lowest BCUT2D eigenvalue weighted by atomic mass is 9.91. The van der Waals surface area contributed by atoms with Crippen LogP contribution in [0.1, 0.15) is 35.1 Å². The molecule has 0 saturated heterocycles. The van der Waals surface area contributed by atoms with E-state index < -0.39 is 0 Å². The van der Waals surface area contributed by atoms with Gasteiger partial charge in [0.1, 0.15) is 11.5 Å². The fraction of sp³-hybridized carbons (Fsp3) is 0.158. The molecule has 1 unspecified atom stereocenters. The Labute approximate surface area is 125 Å². The molecule has 0 aliphatic heterocycles. The van der Waals surface area contributed by atoms with Crippen molar-refractivity contribution in [3.8, 4) is 11.5 Å². The maximum absolute atomic E-state index is 9.70. The van der Waals surface area contributed by atoms with Crippen molar-refractivity contribution in [3.63, 3.8) is 0 Å². The lowest BCUT2D eigenvalue weighted by molar-refractivity contribution is 0.472. The molecule has 0 saturated carbocycles. The molecule has 1 atom stereocenters. The second kappa shape index (κ2) is 6.31. The lowest BCUT2D eigenvalue weighted by Crippen LogP contribution is -1.99. The van der Waals surface area contributed by atoms with Crippen LogP contribution in [0.5, 0.6) is 11.5 Å². The quantitative estimate of drug-likeness (QED) is 0.831. The van der Waals surface area contributed by atoms with Gasteiger partial charge in [-0.3, -0.25) is 0 Å². The second-order valence-electron chi connectivity index (χ2n) is 5.22. The molecule has 2 nitrogen and oxygen atoms in total. The summed E-state index contributed by atoms with van der Waals surface area (Å²) in [5, 5.41) is 19.4. The van der Waals surface area contributed by atoms with E-state index in [1.165, 1.54) is 0 Å². The zero-order valence-electron chi connectivity index (χ0n) is 12.2. The number of phenols is 2. The summed E-state index contributed by atoms with van der Waals surface area (Å²) in [5.41, 5.74) is 3.79. The number of hydrogen-bond donors (Lipinski definition) is 2. The van der Waals surface area contributed by atoms with Gasteiger partial charge in [0, 0.05) is 11.1 Å². The molecule has 0 bridgehead atoms. The Morgan fingerprint density at radius 3 is 2.14 bits per heavy atom. The molecule has 2 heteroatoms. The number of aromatic hydroxyl groups is 2. The Hall–Kier alpha value is -2.48. The van der Waals surface area contributed by atoms with Crippen molar-refractivity contribution in [1.82, 2.24) is 0 Å². The average Bonchev–Trinajstić information content (AvgIpc) is 2.49. The monoisotopic (exact) mass is 280 g/mol. The van der Waals surface area contributed by atoms with Gasteiger partial charge in [-0.25, -0.2) is 0 Å². The minimum absolute atomic E-state index is 0.250. The second-order valence-corrected chi connectivity index (χ2v) is 5.22. The minimum atomic E-state index is 0.250. The third kappa shape index (κ3) is 3.34. The zero-order chi connectivity index (χ0) is 15.4. The zero-order valence-corrected chi connectivity index (χ0v) is 12.2. The van der Waals surface area contributed by atoms with Crippen LogP contribution >= 0.6 is 0 Å². The van der Waals surface area contributed by atoms with E-state index in [9.17, 15) is 10.2 Å². The Kier molecular flexibility index (Phi) is 4.49. The van der Waals surface area contributed by atoms with Crippen molar-refractivity contribution in [3.05, 3.63) is 71.8 Å². The summed E-state index contributed by atoms with van der Waals surface area (Å²) in [6.45, 7) is 9.55. The summed E-state index contributed by atoms with van der Waals surface area (Å²) in [5.74, 6) is 0.797. The van der Waals surface area contributed by atoms with Crippen LogP contribution in [-0.4, -0.2) is 10.2 Å². The maximum Gasteiger partial charge on any atom is 0.122 e. The molecular formula is C19H20O2. The third-order valence-corrected chi connectivity index (χ3v) is 3.69. The van der Waals surface area contributed by atoms with Gasteiger partial charge in [0.05, 0.1) is 0 Å². The van der Waals surface area contributed by atoms with Crippen LogP contribution in [0, 0.1) is 0 Å². The fourth-order valence-corrected chi connectivity index (χ4v) is 2.41. The van der Waals surface area contributed by atoms with Crippen LogP contribution in [-0.2, 0) is 6.42 Å². The van der Waals surface area contributed by atoms with Crippen LogP contribution in [0.15, 0.2) is 49.6 Å². The standard InChI is InChI=1S/C19H20O2/c1-4-15-11-14(6-8-18(15)20)10-13(3)17-7-9-19(21)16(5-2)12-17/h4-9,11-13,20-21H,1-2,10H2,3H3. The highest BCUT2D eigenvalue weighted by atomic mass is 16.3. The van der Waals surface area contributed by atoms with Gasteiger partial charge in [-0.05, 0) is 47.7 Å². The Bertz CT molecular complexity index is 671. The first kappa shape index (κ1) is 14.9. The summed E-state index contributed by atoms with van der Waals surface area (Å²) in [6, 6.07) is 11.2. The van der Waals surface area contributed by atoms with Crippen LogP contribution in [0.3, 0.4) is 0 Å². The van der Waals surface area contributed by atoms with Crippen molar-refractivity contribution in [2.75, 3.05) is 0 Å². The number of phenolic OH excluding ortho intramolecular Hbond substituents is 2.